The van der Waals surface area contributed by atoms with Gasteiger partial charge >= 0.3 is 5.97 Å². The van der Waals surface area contributed by atoms with Crippen molar-refractivity contribution in [3.63, 3.8) is 0 Å². The standard InChI is InChI=1S/C16H19N3O4/c1-9(2)6-12(16(22)23)18-14(20)11-7-17-13-5-4-10(3)8-19(13)15(11)21/h4-5,7-9,12H,6H2,1-3H3,(H,18,20)(H,22,23). The maximum Gasteiger partial charge on any atom is 0.326 e. The molecule has 2 rings (SSSR count). The second-order valence-corrected chi connectivity index (χ2v) is 5.91. The number of aliphatic carboxylic acids is 1. The Kier molecular flexibility index (Phi) is 4.78. The molecule has 0 aliphatic carbocycles. The zero-order chi connectivity index (χ0) is 17.1. The van der Waals surface area contributed by atoms with Crippen LogP contribution < -0.4 is 10.9 Å². The van der Waals surface area contributed by atoms with E-state index in [1.807, 2.05) is 26.8 Å². The number of hydrogen-bond acceptors (Lipinski definition) is 4. The molecular formula is C16H19N3O4. The number of carboxylic acids is 1. The molecule has 0 aromatic carbocycles. The molecule has 0 aliphatic rings. The van der Waals surface area contributed by atoms with Crippen molar-refractivity contribution >= 4 is 17.5 Å². The zero-order valence-electron chi connectivity index (χ0n) is 13.2. The molecule has 0 fully saturated rings. The number of fused-ring (bicyclic) bond motifs is 1. The smallest absolute Gasteiger partial charge is 0.326 e. The van der Waals surface area contributed by atoms with Crippen molar-refractivity contribution in [3.8, 4) is 0 Å². The van der Waals surface area contributed by atoms with Crippen molar-refractivity contribution in [2.24, 2.45) is 5.92 Å². The third kappa shape index (κ3) is 3.74. The summed E-state index contributed by atoms with van der Waals surface area (Å²) in [6.07, 6.45) is 3.05. The van der Waals surface area contributed by atoms with Crippen LogP contribution in [0.1, 0.15) is 36.2 Å². The Morgan fingerprint density at radius 1 is 1.35 bits per heavy atom. The van der Waals surface area contributed by atoms with E-state index >= 15 is 0 Å². The first-order chi connectivity index (χ1) is 10.8. The van der Waals surface area contributed by atoms with E-state index in [9.17, 15) is 19.5 Å². The van der Waals surface area contributed by atoms with Crippen LogP contribution in [-0.4, -0.2) is 32.4 Å². The quantitative estimate of drug-likeness (QED) is 0.864. The Morgan fingerprint density at radius 3 is 2.65 bits per heavy atom. The summed E-state index contributed by atoms with van der Waals surface area (Å²) in [7, 11) is 0. The average molecular weight is 317 g/mol. The van der Waals surface area contributed by atoms with Crippen molar-refractivity contribution in [3.05, 3.63) is 46.0 Å². The Bertz CT molecular complexity index is 811. The highest BCUT2D eigenvalue weighted by atomic mass is 16.4. The van der Waals surface area contributed by atoms with Crippen LogP contribution in [0.3, 0.4) is 0 Å². The Labute approximate surface area is 133 Å². The predicted octanol–water partition coefficient (Wildman–Crippen LogP) is 1.23. The van der Waals surface area contributed by atoms with Crippen molar-refractivity contribution in [1.82, 2.24) is 14.7 Å². The third-order valence-electron chi connectivity index (χ3n) is 3.41. The average Bonchev–Trinajstić information content (AvgIpc) is 2.46. The van der Waals surface area contributed by atoms with Crippen LogP contribution >= 0.6 is 0 Å². The van der Waals surface area contributed by atoms with Gasteiger partial charge in [0.15, 0.2) is 0 Å². The predicted molar refractivity (Wildman–Crippen MR) is 84.5 cm³/mol. The lowest BCUT2D eigenvalue weighted by molar-refractivity contribution is -0.139. The molecule has 23 heavy (non-hydrogen) atoms. The summed E-state index contributed by atoms with van der Waals surface area (Å²) in [5, 5.41) is 11.6. The number of aryl methyl sites for hydroxylation is 1. The number of rotatable bonds is 5. The summed E-state index contributed by atoms with van der Waals surface area (Å²) in [6, 6.07) is 2.45. The van der Waals surface area contributed by atoms with Crippen LogP contribution in [0, 0.1) is 12.8 Å². The fourth-order valence-electron chi connectivity index (χ4n) is 2.27. The molecule has 0 bridgehead atoms. The monoisotopic (exact) mass is 317 g/mol. The van der Waals surface area contributed by atoms with Gasteiger partial charge in [-0.15, -0.1) is 0 Å². The second kappa shape index (κ2) is 6.60. The van der Waals surface area contributed by atoms with Gasteiger partial charge in [0, 0.05) is 12.4 Å². The largest absolute Gasteiger partial charge is 0.480 e. The topological polar surface area (TPSA) is 101 Å². The van der Waals surface area contributed by atoms with Gasteiger partial charge in [0.2, 0.25) is 0 Å². The maximum atomic E-state index is 12.4. The highest BCUT2D eigenvalue weighted by Crippen LogP contribution is 2.06. The number of carbonyl (C=O) groups excluding carboxylic acids is 1. The molecule has 2 aromatic rings. The second-order valence-electron chi connectivity index (χ2n) is 5.91. The molecule has 2 aromatic heterocycles. The highest BCUT2D eigenvalue weighted by molar-refractivity contribution is 5.96. The zero-order valence-corrected chi connectivity index (χ0v) is 13.2. The van der Waals surface area contributed by atoms with Crippen LogP contribution in [-0.2, 0) is 4.79 Å². The number of carboxylic acid groups (broad SMARTS) is 1. The molecule has 122 valence electrons. The first-order valence-corrected chi connectivity index (χ1v) is 7.31. The maximum absolute atomic E-state index is 12.4. The van der Waals surface area contributed by atoms with E-state index in [1.54, 1.807) is 12.3 Å². The van der Waals surface area contributed by atoms with Crippen LogP contribution in [0.25, 0.3) is 5.65 Å². The summed E-state index contributed by atoms with van der Waals surface area (Å²) < 4.78 is 1.28. The van der Waals surface area contributed by atoms with E-state index in [4.69, 9.17) is 0 Å². The lowest BCUT2D eigenvalue weighted by Gasteiger charge is -2.16. The molecule has 7 nitrogen and oxygen atoms in total. The number of aromatic nitrogens is 2. The first kappa shape index (κ1) is 16.7. The minimum absolute atomic E-state index is 0.0925. The van der Waals surface area contributed by atoms with Gasteiger partial charge in [-0.25, -0.2) is 9.78 Å². The first-order valence-electron chi connectivity index (χ1n) is 7.31. The molecule has 2 heterocycles. The normalized spacial score (nSPS) is 12.3. The fourth-order valence-corrected chi connectivity index (χ4v) is 2.27. The molecule has 1 amide bonds. The van der Waals surface area contributed by atoms with Crippen molar-refractivity contribution in [1.29, 1.82) is 0 Å². The summed E-state index contributed by atoms with van der Waals surface area (Å²) in [4.78, 5) is 40.0. The van der Waals surface area contributed by atoms with Crippen molar-refractivity contribution in [2.75, 3.05) is 0 Å². The van der Waals surface area contributed by atoms with E-state index in [0.29, 0.717) is 5.65 Å². The van der Waals surface area contributed by atoms with Crippen LogP contribution in [0.2, 0.25) is 0 Å². The molecule has 0 saturated heterocycles. The number of nitrogens with zero attached hydrogens (tertiary/aromatic N) is 2. The SMILES string of the molecule is Cc1ccc2ncc(C(=O)NC(CC(C)C)C(=O)O)c(=O)n2c1. The van der Waals surface area contributed by atoms with E-state index in [-0.39, 0.29) is 17.9 Å². The number of amides is 1. The van der Waals surface area contributed by atoms with E-state index in [1.165, 1.54) is 10.6 Å². The molecule has 1 unspecified atom stereocenters. The Balaban J connectivity index is 2.35. The van der Waals surface area contributed by atoms with E-state index in [2.05, 4.69) is 10.3 Å². The van der Waals surface area contributed by atoms with Crippen LogP contribution in [0.15, 0.2) is 29.3 Å². The molecule has 0 spiro atoms. The molecule has 2 N–H and O–H groups in total. The minimum Gasteiger partial charge on any atom is -0.480 e. The van der Waals surface area contributed by atoms with Gasteiger partial charge in [0.25, 0.3) is 11.5 Å². The number of nitrogens with one attached hydrogen (secondary N) is 1. The summed E-state index contributed by atoms with van der Waals surface area (Å²) in [6.45, 7) is 5.54. The van der Waals surface area contributed by atoms with Crippen LogP contribution in [0.5, 0.6) is 0 Å². The van der Waals surface area contributed by atoms with Gasteiger partial charge in [0.1, 0.15) is 17.3 Å². The molecule has 0 saturated carbocycles. The summed E-state index contributed by atoms with van der Waals surface area (Å²) in [5.41, 5.74) is 0.573. The number of carbonyl (C=O) groups is 2. The van der Waals surface area contributed by atoms with Gasteiger partial charge in [0.05, 0.1) is 0 Å². The van der Waals surface area contributed by atoms with Crippen LogP contribution in [0.4, 0.5) is 0 Å². The van der Waals surface area contributed by atoms with Crippen molar-refractivity contribution in [2.45, 2.75) is 33.2 Å². The van der Waals surface area contributed by atoms with Gasteiger partial charge in [-0.05, 0) is 30.9 Å². The minimum atomic E-state index is -1.13. The van der Waals surface area contributed by atoms with E-state index in [0.717, 1.165) is 5.56 Å². The molecule has 7 heteroatoms. The molecule has 0 aliphatic heterocycles. The molecule has 0 radical (unpaired) electrons. The lowest BCUT2D eigenvalue weighted by atomic mass is 10.0. The fraction of sp³-hybridized carbons (Fsp3) is 0.375. The molecular weight excluding hydrogens is 298 g/mol. The Hall–Kier alpha value is -2.70. The van der Waals surface area contributed by atoms with Gasteiger partial charge in [-0.2, -0.15) is 0 Å². The van der Waals surface area contributed by atoms with Gasteiger partial charge < -0.3 is 10.4 Å². The Morgan fingerprint density at radius 2 is 2.04 bits per heavy atom. The highest BCUT2D eigenvalue weighted by Gasteiger charge is 2.23. The number of hydrogen-bond donors (Lipinski definition) is 2. The van der Waals surface area contributed by atoms with Gasteiger partial charge in [-0.1, -0.05) is 19.9 Å². The summed E-state index contributed by atoms with van der Waals surface area (Å²) in [5.74, 6) is -1.77. The van der Waals surface area contributed by atoms with E-state index < -0.39 is 23.5 Å². The third-order valence-corrected chi connectivity index (χ3v) is 3.41. The molecule has 1 atom stereocenters. The summed E-state index contributed by atoms with van der Waals surface area (Å²) >= 11 is 0. The van der Waals surface area contributed by atoms with Crippen molar-refractivity contribution < 1.29 is 14.7 Å². The van der Waals surface area contributed by atoms with Gasteiger partial charge in [-0.3, -0.25) is 14.0 Å². The lowest BCUT2D eigenvalue weighted by Crippen LogP contribution is -2.43. The number of pyridine rings is 1.